The lowest BCUT2D eigenvalue weighted by atomic mass is 10.0. The number of fused-ring (bicyclic) bond motifs is 6. The molecule has 5 rings (SSSR count). The van der Waals surface area contributed by atoms with E-state index in [1.54, 1.807) is 5.94 Å². The maximum absolute atomic E-state index is 10.4. The first-order valence-electron chi connectivity index (χ1n) is 8.04. The molecular weight excluding hydrogens is 314 g/mol. The Hall–Kier alpha value is -3.49. The minimum atomic E-state index is 0.646. The van der Waals surface area contributed by atoms with Crippen LogP contribution in [0.15, 0.2) is 60.9 Å². The van der Waals surface area contributed by atoms with E-state index in [1.165, 1.54) is 11.1 Å². The summed E-state index contributed by atoms with van der Waals surface area (Å²) in [5.74, 6) is 2.22. The number of hydrogen-bond donors (Lipinski definition) is 1. The number of H-pyrrole nitrogens is 1. The van der Waals surface area contributed by atoms with Gasteiger partial charge in [0.2, 0.25) is 6.26 Å². The van der Waals surface area contributed by atoms with Crippen molar-refractivity contribution in [3.8, 4) is 16.9 Å². The van der Waals surface area contributed by atoms with Crippen LogP contribution in [0.1, 0.15) is 11.1 Å². The Labute approximate surface area is 143 Å². The van der Waals surface area contributed by atoms with Crippen molar-refractivity contribution in [3.05, 3.63) is 72.0 Å². The van der Waals surface area contributed by atoms with E-state index in [9.17, 15) is 4.79 Å². The first-order valence-corrected chi connectivity index (χ1v) is 8.04. The molecule has 0 bridgehead atoms. The Balaban J connectivity index is 1.85. The summed E-state index contributed by atoms with van der Waals surface area (Å²) in [4.78, 5) is 24.4. The fourth-order valence-electron chi connectivity index (χ4n) is 3.75. The lowest BCUT2D eigenvalue weighted by molar-refractivity contribution is -0.146. The van der Waals surface area contributed by atoms with E-state index >= 15 is 0 Å². The third kappa shape index (κ3) is 1.98. The molecule has 4 nitrogen and oxygen atoms in total. The maximum Gasteiger partial charge on any atom is 0.225 e. The zero-order valence-electron chi connectivity index (χ0n) is 13.2. The zero-order chi connectivity index (χ0) is 16.8. The number of carbonyl (C=O) groups excluding carboxylic acids is 1. The van der Waals surface area contributed by atoms with Gasteiger partial charge in [-0.2, -0.15) is 0 Å². The van der Waals surface area contributed by atoms with Gasteiger partial charge in [0, 0.05) is 22.9 Å². The molecule has 0 atom stereocenters. The molecule has 1 aliphatic rings. The summed E-state index contributed by atoms with van der Waals surface area (Å²) in [6, 6.07) is 18.5. The van der Waals surface area contributed by atoms with E-state index in [0.717, 1.165) is 45.6 Å². The van der Waals surface area contributed by atoms with E-state index in [2.05, 4.69) is 23.2 Å². The van der Waals surface area contributed by atoms with E-state index in [0.29, 0.717) is 5.75 Å². The molecule has 0 fully saturated rings. The predicted octanol–water partition coefficient (Wildman–Crippen LogP) is 4.55. The highest BCUT2D eigenvalue weighted by Gasteiger charge is 2.26. The number of aromatic amines is 1. The Morgan fingerprint density at radius 1 is 1.00 bits per heavy atom. The molecular formula is C21H13NO3. The monoisotopic (exact) mass is 327 g/mol. The molecule has 0 unspecified atom stereocenters. The minimum absolute atomic E-state index is 0.646. The van der Waals surface area contributed by atoms with Crippen molar-refractivity contribution in [2.75, 3.05) is 0 Å². The second kappa shape index (κ2) is 5.26. The average molecular weight is 327 g/mol. The van der Waals surface area contributed by atoms with Crippen molar-refractivity contribution in [1.29, 1.82) is 0 Å². The van der Waals surface area contributed by atoms with Crippen molar-refractivity contribution in [2.24, 2.45) is 0 Å². The lowest BCUT2D eigenvalue weighted by Gasteiger charge is -2.10. The van der Waals surface area contributed by atoms with Gasteiger partial charge in [0.1, 0.15) is 0 Å². The number of benzene rings is 3. The molecule has 0 amide bonds. The van der Waals surface area contributed by atoms with Crippen LogP contribution in [-0.2, 0) is 16.1 Å². The summed E-state index contributed by atoms with van der Waals surface area (Å²) in [7, 11) is 0. The number of hydrogen-bond acceptors (Lipinski definition) is 3. The Morgan fingerprint density at radius 2 is 1.84 bits per heavy atom. The van der Waals surface area contributed by atoms with Gasteiger partial charge in [0.15, 0.2) is 11.7 Å². The van der Waals surface area contributed by atoms with Crippen LogP contribution < -0.4 is 4.89 Å². The third-order valence-corrected chi connectivity index (χ3v) is 4.75. The van der Waals surface area contributed by atoms with Crippen molar-refractivity contribution in [2.45, 2.75) is 6.42 Å². The van der Waals surface area contributed by atoms with Gasteiger partial charge in [-0.1, -0.05) is 42.5 Å². The molecule has 4 aromatic rings. The smallest absolute Gasteiger partial charge is 0.225 e. The second-order valence-electron chi connectivity index (χ2n) is 6.07. The fourth-order valence-corrected chi connectivity index (χ4v) is 3.75. The third-order valence-electron chi connectivity index (χ3n) is 4.75. The molecule has 4 heteroatoms. The van der Waals surface area contributed by atoms with Crippen molar-refractivity contribution in [1.82, 2.24) is 4.98 Å². The van der Waals surface area contributed by atoms with Crippen LogP contribution in [0.3, 0.4) is 0 Å². The lowest BCUT2D eigenvalue weighted by Crippen LogP contribution is -1.96. The van der Waals surface area contributed by atoms with Gasteiger partial charge in [0.25, 0.3) is 0 Å². The van der Waals surface area contributed by atoms with Crippen LogP contribution in [0.5, 0.6) is 5.75 Å². The Morgan fingerprint density at radius 3 is 2.76 bits per heavy atom. The SMILES string of the molecule is O=C=COOc1c2c(cc3[nH]c4ccccc4c13)-c1ccccc1C2. The van der Waals surface area contributed by atoms with Crippen molar-refractivity contribution >= 4 is 27.7 Å². The number of para-hydroxylation sites is 1. The first-order chi connectivity index (χ1) is 12.4. The van der Waals surface area contributed by atoms with Gasteiger partial charge >= 0.3 is 0 Å². The summed E-state index contributed by atoms with van der Waals surface area (Å²) in [5.41, 5.74) is 6.66. The summed E-state index contributed by atoms with van der Waals surface area (Å²) < 4.78 is 0. The number of rotatable bonds is 3. The molecule has 1 aromatic heterocycles. The molecule has 0 saturated heterocycles. The van der Waals surface area contributed by atoms with Gasteiger partial charge in [-0.3, -0.25) is 9.78 Å². The molecule has 0 saturated carbocycles. The highest BCUT2D eigenvalue weighted by molar-refractivity contribution is 6.13. The highest BCUT2D eigenvalue weighted by Crippen LogP contribution is 2.47. The maximum atomic E-state index is 10.4. The molecule has 25 heavy (non-hydrogen) atoms. The first kappa shape index (κ1) is 13.9. The average Bonchev–Trinajstić information content (AvgIpc) is 3.19. The van der Waals surface area contributed by atoms with Crippen LogP contribution in [0.2, 0.25) is 0 Å². The molecule has 1 heterocycles. The summed E-state index contributed by atoms with van der Waals surface area (Å²) >= 11 is 0. The molecule has 1 N–H and O–H groups in total. The van der Waals surface area contributed by atoms with Gasteiger partial charge in [-0.25, -0.2) is 4.79 Å². The standard InChI is InChI=1S/C21H13NO3/c23-9-10-24-25-21-17-11-13-5-1-2-6-14(13)16(17)12-19-20(21)15-7-3-4-8-18(15)22-19/h1-8,10,12,22H,11H2. The van der Waals surface area contributed by atoms with E-state index in [-0.39, 0.29) is 0 Å². The molecule has 120 valence electrons. The van der Waals surface area contributed by atoms with E-state index < -0.39 is 0 Å². The van der Waals surface area contributed by atoms with Gasteiger partial charge in [0.05, 0.1) is 10.9 Å². The minimum Gasteiger partial charge on any atom is -0.354 e. The van der Waals surface area contributed by atoms with Crippen molar-refractivity contribution in [3.63, 3.8) is 0 Å². The van der Waals surface area contributed by atoms with Gasteiger partial charge in [-0.15, -0.1) is 0 Å². The summed E-state index contributed by atoms with van der Waals surface area (Å²) in [6.07, 6.45) is 1.65. The van der Waals surface area contributed by atoms with Crippen molar-refractivity contribution < 1.29 is 14.6 Å². The van der Waals surface area contributed by atoms with E-state index in [4.69, 9.17) is 9.78 Å². The fraction of sp³-hybridized carbons (Fsp3) is 0.0476. The Kier molecular flexibility index (Phi) is 2.93. The number of nitrogens with one attached hydrogen (secondary N) is 1. The summed E-state index contributed by atoms with van der Waals surface area (Å²) in [5, 5.41) is 2.02. The highest BCUT2D eigenvalue weighted by atomic mass is 17.2. The van der Waals surface area contributed by atoms with Gasteiger partial charge in [-0.05, 0) is 28.8 Å². The van der Waals surface area contributed by atoms with Crippen LogP contribution in [0.25, 0.3) is 32.9 Å². The second-order valence-corrected chi connectivity index (χ2v) is 6.07. The van der Waals surface area contributed by atoms with Crippen LogP contribution >= 0.6 is 0 Å². The largest absolute Gasteiger partial charge is 0.354 e. The molecule has 0 radical (unpaired) electrons. The molecule has 3 aromatic carbocycles. The molecule has 1 aliphatic carbocycles. The zero-order valence-corrected chi connectivity index (χ0v) is 13.2. The van der Waals surface area contributed by atoms with Crippen LogP contribution in [0, 0.1) is 0 Å². The Bertz CT molecular complexity index is 1180. The topological polar surface area (TPSA) is 51.3 Å². The van der Waals surface area contributed by atoms with E-state index in [1.807, 2.05) is 36.4 Å². The van der Waals surface area contributed by atoms with Gasteiger partial charge < -0.3 is 4.98 Å². The predicted molar refractivity (Wildman–Crippen MR) is 96.0 cm³/mol. The molecule has 0 aliphatic heterocycles. The summed E-state index contributed by atoms with van der Waals surface area (Å²) in [6.45, 7) is 0. The van der Waals surface area contributed by atoms with Crippen LogP contribution in [0.4, 0.5) is 0 Å². The number of aromatic nitrogens is 1. The molecule has 0 spiro atoms. The quantitative estimate of drug-likeness (QED) is 0.229. The van der Waals surface area contributed by atoms with Crippen LogP contribution in [-0.4, -0.2) is 10.9 Å². The normalized spacial score (nSPS) is 11.8.